The second-order valence-corrected chi connectivity index (χ2v) is 2.77. The minimum atomic E-state index is -0.575. The number of methoxy groups -OCH3 is 1. The summed E-state index contributed by atoms with van der Waals surface area (Å²) in [4.78, 5) is 11.2. The van der Waals surface area contributed by atoms with Crippen molar-refractivity contribution in [2.45, 2.75) is 6.92 Å². The Balaban J connectivity index is 3.33. The van der Waals surface area contributed by atoms with Crippen LogP contribution < -0.4 is 0 Å². The van der Waals surface area contributed by atoms with Gasteiger partial charge in [0.1, 0.15) is 11.3 Å². The SMILES string of the molecule is C#Cc1ccc(C(=O)OC)c(O)c1C. The third-order valence-corrected chi connectivity index (χ3v) is 1.99. The van der Waals surface area contributed by atoms with Crippen LogP contribution in [0.15, 0.2) is 12.1 Å². The number of esters is 1. The Bertz CT molecular complexity index is 413. The van der Waals surface area contributed by atoms with Crippen molar-refractivity contribution in [1.29, 1.82) is 0 Å². The van der Waals surface area contributed by atoms with Gasteiger partial charge < -0.3 is 9.84 Å². The number of rotatable bonds is 1. The van der Waals surface area contributed by atoms with E-state index in [9.17, 15) is 9.90 Å². The molecule has 0 saturated carbocycles. The quantitative estimate of drug-likeness (QED) is 0.538. The molecule has 1 N–H and O–H groups in total. The van der Waals surface area contributed by atoms with E-state index in [0.29, 0.717) is 11.1 Å². The maximum absolute atomic E-state index is 11.2. The Hall–Kier alpha value is -1.95. The Morgan fingerprint density at radius 1 is 1.57 bits per heavy atom. The Morgan fingerprint density at radius 3 is 2.71 bits per heavy atom. The monoisotopic (exact) mass is 190 g/mol. The average molecular weight is 190 g/mol. The summed E-state index contributed by atoms with van der Waals surface area (Å²) in [5.41, 5.74) is 1.20. The maximum Gasteiger partial charge on any atom is 0.341 e. The first kappa shape index (κ1) is 10.1. The van der Waals surface area contributed by atoms with Crippen molar-refractivity contribution in [2.75, 3.05) is 7.11 Å². The highest BCUT2D eigenvalue weighted by atomic mass is 16.5. The number of carbonyl (C=O) groups is 1. The minimum Gasteiger partial charge on any atom is -0.507 e. The molecule has 0 bridgehead atoms. The molecular weight excluding hydrogens is 180 g/mol. The Kier molecular flexibility index (Phi) is 2.78. The fourth-order valence-electron chi connectivity index (χ4n) is 1.13. The van der Waals surface area contributed by atoms with Crippen LogP contribution in [0.4, 0.5) is 0 Å². The summed E-state index contributed by atoms with van der Waals surface area (Å²) in [6.07, 6.45) is 5.20. The van der Waals surface area contributed by atoms with E-state index in [1.54, 1.807) is 13.0 Å². The molecule has 3 nitrogen and oxygen atoms in total. The summed E-state index contributed by atoms with van der Waals surface area (Å²) in [6, 6.07) is 3.05. The molecule has 1 rings (SSSR count). The van der Waals surface area contributed by atoms with Crippen LogP contribution in [0.25, 0.3) is 0 Å². The molecule has 1 aromatic carbocycles. The van der Waals surface area contributed by atoms with Crippen LogP contribution in [0.2, 0.25) is 0 Å². The van der Waals surface area contributed by atoms with Gasteiger partial charge in [0, 0.05) is 11.1 Å². The number of carbonyl (C=O) groups excluding carboxylic acids is 1. The Labute approximate surface area is 82.3 Å². The molecule has 0 aromatic heterocycles. The van der Waals surface area contributed by atoms with E-state index in [0.717, 1.165) is 0 Å². The Morgan fingerprint density at radius 2 is 2.21 bits per heavy atom. The van der Waals surface area contributed by atoms with Gasteiger partial charge in [0.2, 0.25) is 0 Å². The molecule has 3 heteroatoms. The molecule has 0 aliphatic carbocycles. The average Bonchev–Trinajstić information content (AvgIpc) is 2.21. The number of ether oxygens (including phenoxy) is 1. The highest BCUT2D eigenvalue weighted by Crippen LogP contribution is 2.25. The molecule has 0 fully saturated rings. The molecule has 0 amide bonds. The molecule has 0 spiro atoms. The van der Waals surface area contributed by atoms with Gasteiger partial charge in [-0.25, -0.2) is 4.79 Å². The fraction of sp³-hybridized carbons (Fsp3) is 0.182. The van der Waals surface area contributed by atoms with E-state index < -0.39 is 5.97 Å². The zero-order chi connectivity index (χ0) is 10.7. The summed E-state index contributed by atoms with van der Waals surface area (Å²) >= 11 is 0. The van der Waals surface area contributed by atoms with Crippen molar-refractivity contribution in [2.24, 2.45) is 0 Å². The van der Waals surface area contributed by atoms with Crippen molar-refractivity contribution >= 4 is 5.97 Å². The highest BCUT2D eigenvalue weighted by Gasteiger charge is 2.14. The number of phenolic OH excluding ortho intramolecular Hbond substituents is 1. The third-order valence-electron chi connectivity index (χ3n) is 1.99. The van der Waals surface area contributed by atoms with Crippen LogP contribution in [0.1, 0.15) is 21.5 Å². The lowest BCUT2D eigenvalue weighted by Gasteiger charge is -2.06. The first-order chi connectivity index (χ1) is 6.61. The molecule has 0 aliphatic rings. The molecule has 0 unspecified atom stereocenters. The smallest absolute Gasteiger partial charge is 0.341 e. The fourth-order valence-corrected chi connectivity index (χ4v) is 1.13. The van der Waals surface area contributed by atoms with E-state index in [-0.39, 0.29) is 11.3 Å². The van der Waals surface area contributed by atoms with Crippen LogP contribution in [0, 0.1) is 19.3 Å². The van der Waals surface area contributed by atoms with Crippen LogP contribution in [0.3, 0.4) is 0 Å². The van der Waals surface area contributed by atoms with Crippen LogP contribution in [-0.4, -0.2) is 18.2 Å². The van der Waals surface area contributed by atoms with Crippen LogP contribution in [0.5, 0.6) is 5.75 Å². The van der Waals surface area contributed by atoms with Crippen molar-refractivity contribution in [1.82, 2.24) is 0 Å². The van der Waals surface area contributed by atoms with Crippen molar-refractivity contribution in [3.8, 4) is 18.1 Å². The van der Waals surface area contributed by atoms with E-state index >= 15 is 0 Å². The summed E-state index contributed by atoms with van der Waals surface area (Å²) in [5, 5.41) is 9.61. The van der Waals surface area contributed by atoms with E-state index in [4.69, 9.17) is 6.42 Å². The van der Waals surface area contributed by atoms with Crippen molar-refractivity contribution in [3.05, 3.63) is 28.8 Å². The molecule has 0 saturated heterocycles. The maximum atomic E-state index is 11.2. The van der Waals surface area contributed by atoms with Gasteiger partial charge in [-0.15, -0.1) is 6.42 Å². The van der Waals surface area contributed by atoms with Gasteiger partial charge in [-0.05, 0) is 19.1 Å². The topological polar surface area (TPSA) is 46.5 Å². The molecule has 0 aliphatic heterocycles. The second kappa shape index (κ2) is 3.84. The third kappa shape index (κ3) is 1.55. The van der Waals surface area contributed by atoms with Gasteiger partial charge in [-0.3, -0.25) is 0 Å². The molecule has 14 heavy (non-hydrogen) atoms. The lowest BCUT2D eigenvalue weighted by molar-refractivity contribution is 0.0597. The lowest BCUT2D eigenvalue weighted by Crippen LogP contribution is -2.02. The highest BCUT2D eigenvalue weighted by molar-refractivity contribution is 5.93. The number of hydrogen-bond acceptors (Lipinski definition) is 3. The van der Waals surface area contributed by atoms with Gasteiger partial charge >= 0.3 is 5.97 Å². The van der Waals surface area contributed by atoms with Crippen molar-refractivity contribution in [3.63, 3.8) is 0 Å². The van der Waals surface area contributed by atoms with Crippen molar-refractivity contribution < 1.29 is 14.6 Å². The predicted molar refractivity (Wildman–Crippen MR) is 52.1 cm³/mol. The van der Waals surface area contributed by atoms with Gasteiger partial charge in [-0.1, -0.05) is 5.92 Å². The zero-order valence-corrected chi connectivity index (χ0v) is 8.00. The number of hydrogen-bond donors (Lipinski definition) is 1. The summed E-state index contributed by atoms with van der Waals surface area (Å²) < 4.78 is 4.50. The molecule has 0 heterocycles. The molecule has 1 aromatic rings. The molecule has 0 radical (unpaired) electrons. The summed E-state index contributed by atoms with van der Waals surface area (Å²) in [5.74, 6) is 1.72. The first-order valence-corrected chi connectivity index (χ1v) is 3.99. The first-order valence-electron chi connectivity index (χ1n) is 3.99. The zero-order valence-electron chi connectivity index (χ0n) is 8.00. The van der Waals surface area contributed by atoms with Crippen LogP contribution in [-0.2, 0) is 4.74 Å². The summed E-state index contributed by atoms with van der Waals surface area (Å²) in [6.45, 7) is 1.65. The van der Waals surface area contributed by atoms with Gasteiger partial charge in [0.15, 0.2) is 0 Å². The van der Waals surface area contributed by atoms with Crippen LogP contribution >= 0.6 is 0 Å². The van der Waals surface area contributed by atoms with Gasteiger partial charge in [-0.2, -0.15) is 0 Å². The largest absolute Gasteiger partial charge is 0.507 e. The van der Waals surface area contributed by atoms with E-state index in [1.165, 1.54) is 13.2 Å². The standard InChI is InChI=1S/C11H10O3/c1-4-8-5-6-9(11(13)14-3)10(12)7(8)2/h1,5-6,12H,2-3H3. The lowest BCUT2D eigenvalue weighted by atomic mass is 10.0. The number of benzene rings is 1. The van der Waals surface area contributed by atoms with E-state index in [1.807, 2.05) is 0 Å². The van der Waals surface area contributed by atoms with E-state index in [2.05, 4.69) is 10.7 Å². The predicted octanol–water partition coefficient (Wildman–Crippen LogP) is 1.47. The number of aromatic hydroxyl groups is 1. The summed E-state index contributed by atoms with van der Waals surface area (Å²) in [7, 11) is 1.26. The molecular formula is C11H10O3. The number of phenols is 1. The molecule has 72 valence electrons. The minimum absolute atomic E-state index is 0.118. The second-order valence-electron chi connectivity index (χ2n) is 2.77. The molecule has 0 atom stereocenters. The van der Waals surface area contributed by atoms with Gasteiger partial charge in [0.05, 0.1) is 7.11 Å². The van der Waals surface area contributed by atoms with Gasteiger partial charge in [0.25, 0.3) is 0 Å². The number of terminal acetylenes is 1. The normalized spacial score (nSPS) is 9.21.